The van der Waals surface area contributed by atoms with Gasteiger partial charge in [0.1, 0.15) is 6.04 Å². The number of nitrogens with two attached hydrogens (primary N) is 2. The first kappa shape index (κ1) is 13.4. The van der Waals surface area contributed by atoms with Crippen LogP contribution in [0.5, 0.6) is 0 Å². The maximum absolute atomic E-state index is 11.6. The lowest BCUT2D eigenvalue weighted by atomic mass is 9.91. The van der Waals surface area contributed by atoms with Gasteiger partial charge in [0.25, 0.3) is 0 Å². The second kappa shape index (κ2) is 6.03. The maximum Gasteiger partial charge on any atom is 0.242 e. The van der Waals surface area contributed by atoms with Gasteiger partial charge in [-0.05, 0) is 12.3 Å². The molecule has 4 N–H and O–H groups in total. The molecule has 0 heterocycles. The molecule has 2 atom stereocenters. The second-order valence-corrected chi connectivity index (χ2v) is 4.16. The zero-order valence-corrected chi connectivity index (χ0v) is 9.46. The molecule has 0 aliphatic rings. The van der Waals surface area contributed by atoms with Crippen LogP contribution in [0.3, 0.4) is 0 Å². The molecule has 82 valence electrons. The van der Waals surface area contributed by atoms with Gasteiger partial charge in [0.15, 0.2) is 5.78 Å². The summed E-state index contributed by atoms with van der Waals surface area (Å²) in [6, 6.07) is -1.19. The van der Waals surface area contributed by atoms with Gasteiger partial charge in [0.2, 0.25) is 5.91 Å². The molecule has 0 aromatic heterocycles. The standard InChI is InChI=1S/C9H18N2O2S/c1-5(2)3-6(4-14)8(12)7(10)9(11)13/h5-7,14H,3-4,10H2,1-2H3,(H2,11,13). The van der Waals surface area contributed by atoms with Crippen LogP contribution in [-0.2, 0) is 9.59 Å². The Morgan fingerprint density at radius 2 is 1.86 bits per heavy atom. The van der Waals surface area contributed by atoms with Crippen LogP contribution in [-0.4, -0.2) is 23.5 Å². The number of carbonyl (C=O) groups excluding carboxylic acids is 2. The number of hydrogen-bond acceptors (Lipinski definition) is 4. The van der Waals surface area contributed by atoms with Crippen LogP contribution in [0.4, 0.5) is 0 Å². The minimum absolute atomic E-state index is 0.277. The number of ketones is 1. The van der Waals surface area contributed by atoms with E-state index in [-0.39, 0.29) is 11.7 Å². The average Bonchev–Trinajstić information content (AvgIpc) is 2.11. The summed E-state index contributed by atoms with van der Waals surface area (Å²) in [7, 11) is 0. The van der Waals surface area contributed by atoms with E-state index in [1.807, 2.05) is 13.8 Å². The normalized spacial score (nSPS) is 15.2. The van der Waals surface area contributed by atoms with Crippen molar-refractivity contribution in [3.8, 4) is 0 Å². The molecule has 14 heavy (non-hydrogen) atoms. The number of primary amides is 1. The first-order valence-electron chi connectivity index (χ1n) is 4.59. The highest BCUT2D eigenvalue weighted by Crippen LogP contribution is 2.15. The fourth-order valence-corrected chi connectivity index (χ4v) is 1.57. The Bertz CT molecular complexity index is 219. The van der Waals surface area contributed by atoms with Crippen LogP contribution in [0, 0.1) is 11.8 Å². The Labute approximate surface area is 89.8 Å². The van der Waals surface area contributed by atoms with E-state index in [1.165, 1.54) is 0 Å². The zero-order chi connectivity index (χ0) is 11.3. The number of hydrogen-bond donors (Lipinski definition) is 3. The molecule has 0 aromatic rings. The van der Waals surface area contributed by atoms with Gasteiger partial charge in [0, 0.05) is 11.7 Å². The van der Waals surface area contributed by atoms with Crippen LogP contribution in [0.15, 0.2) is 0 Å². The topological polar surface area (TPSA) is 86.2 Å². The lowest BCUT2D eigenvalue weighted by Gasteiger charge is -2.17. The van der Waals surface area contributed by atoms with Crippen LogP contribution in [0.2, 0.25) is 0 Å². The van der Waals surface area contributed by atoms with Crippen molar-refractivity contribution in [3.63, 3.8) is 0 Å². The van der Waals surface area contributed by atoms with E-state index in [9.17, 15) is 9.59 Å². The summed E-state index contributed by atoms with van der Waals surface area (Å²) < 4.78 is 0. The molecule has 0 rings (SSSR count). The molecule has 5 heteroatoms. The Hall–Kier alpha value is -0.550. The molecule has 4 nitrogen and oxygen atoms in total. The van der Waals surface area contributed by atoms with Crippen LogP contribution in [0.1, 0.15) is 20.3 Å². The highest BCUT2D eigenvalue weighted by Gasteiger charge is 2.27. The van der Waals surface area contributed by atoms with E-state index in [4.69, 9.17) is 11.5 Å². The number of amides is 1. The van der Waals surface area contributed by atoms with E-state index >= 15 is 0 Å². The van der Waals surface area contributed by atoms with E-state index in [1.54, 1.807) is 0 Å². The van der Waals surface area contributed by atoms with Crippen molar-refractivity contribution in [2.75, 3.05) is 5.75 Å². The van der Waals surface area contributed by atoms with E-state index in [0.29, 0.717) is 18.1 Å². The molecule has 2 unspecified atom stereocenters. The fraction of sp³-hybridized carbons (Fsp3) is 0.778. The Morgan fingerprint density at radius 1 is 1.36 bits per heavy atom. The third-order valence-corrected chi connectivity index (χ3v) is 2.43. The molecular formula is C9H18N2O2S. The first-order valence-corrected chi connectivity index (χ1v) is 5.22. The summed E-state index contributed by atoms with van der Waals surface area (Å²) in [6.45, 7) is 4.00. The SMILES string of the molecule is CC(C)CC(CS)C(=O)C(N)C(N)=O. The summed E-state index contributed by atoms with van der Waals surface area (Å²) in [5, 5.41) is 0. The number of rotatable bonds is 6. The number of thiol groups is 1. The van der Waals surface area contributed by atoms with Crippen LogP contribution >= 0.6 is 12.6 Å². The van der Waals surface area contributed by atoms with Crippen molar-refractivity contribution in [3.05, 3.63) is 0 Å². The second-order valence-electron chi connectivity index (χ2n) is 3.79. The summed E-state index contributed by atoms with van der Waals surface area (Å²) >= 11 is 4.06. The molecule has 0 fully saturated rings. The van der Waals surface area contributed by atoms with Gasteiger partial charge in [0.05, 0.1) is 0 Å². The molecule has 0 aliphatic carbocycles. The summed E-state index contributed by atoms with van der Waals surface area (Å²) in [6.07, 6.45) is 0.684. The van der Waals surface area contributed by atoms with Gasteiger partial charge in [-0.2, -0.15) is 12.6 Å². The minimum Gasteiger partial charge on any atom is -0.368 e. The number of carbonyl (C=O) groups is 2. The average molecular weight is 218 g/mol. The molecule has 1 amide bonds. The minimum atomic E-state index is -1.19. The quantitative estimate of drug-likeness (QED) is 0.432. The van der Waals surface area contributed by atoms with Crippen LogP contribution in [0.25, 0.3) is 0 Å². The highest BCUT2D eigenvalue weighted by atomic mass is 32.1. The van der Waals surface area contributed by atoms with Crippen LogP contribution < -0.4 is 11.5 Å². The predicted octanol–water partition coefficient (Wildman–Crippen LogP) is -0.0398. The zero-order valence-electron chi connectivity index (χ0n) is 8.56. The van der Waals surface area contributed by atoms with E-state index in [2.05, 4.69) is 12.6 Å². The molecule has 0 aromatic carbocycles. The monoisotopic (exact) mass is 218 g/mol. The van der Waals surface area contributed by atoms with Gasteiger partial charge >= 0.3 is 0 Å². The van der Waals surface area contributed by atoms with Gasteiger partial charge in [-0.25, -0.2) is 0 Å². The van der Waals surface area contributed by atoms with Crippen molar-refractivity contribution in [1.29, 1.82) is 0 Å². The summed E-state index contributed by atoms with van der Waals surface area (Å²) in [4.78, 5) is 22.3. The smallest absolute Gasteiger partial charge is 0.242 e. The molecule has 0 aliphatic heterocycles. The van der Waals surface area contributed by atoms with Gasteiger partial charge < -0.3 is 11.5 Å². The Kier molecular flexibility index (Phi) is 5.79. The van der Waals surface area contributed by atoms with Gasteiger partial charge in [-0.3, -0.25) is 9.59 Å². The lowest BCUT2D eigenvalue weighted by molar-refractivity contribution is -0.130. The van der Waals surface area contributed by atoms with E-state index in [0.717, 1.165) is 0 Å². The number of Topliss-reactive ketones (excluding diaryl/α,β-unsaturated/α-hetero) is 1. The molecule has 0 saturated heterocycles. The highest BCUT2D eigenvalue weighted by molar-refractivity contribution is 7.80. The van der Waals surface area contributed by atoms with Crippen molar-refractivity contribution in [2.45, 2.75) is 26.3 Å². The van der Waals surface area contributed by atoms with Crippen molar-refractivity contribution >= 4 is 24.3 Å². The largest absolute Gasteiger partial charge is 0.368 e. The predicted molar refractivity (Wildman–Crippen MR) is 59.0 cm³/mol. The Balaban J connectivity index is 4.38. The van der Waals surface area contributed by atoms with Crippen molar-refractivity contribution in [2.24, 2.45) is 23.3 Å². The molecule has 0 spiro atoms. The summed E-state index contributed by atoms with van der Waals surface area (Å²) in [5.41, 5.74) is 10.3. The lowest BCUT2D eigenvalue weighted by Crippen LogP contribution is -2.46. The maximum atomic E-state index is 11.6. The van der Waals surface area contributed by atoms with Gasteiger partial charge in [-0.15, -0.1) is 0 Å². The molecule has 0 radical (unpaired) electrons. The summed E-state index contributed by atoms with van der Waals surface area (Å²) in [5.74, 6) is -0.582. The molecular weight excluding hydrogens is 200 g/mol. The third-order valence-electron chi connectivity index (χ3n) is 1.99. The van der Waals surface area contributed by atoms with Crippen molar-refractivity contribution in [1.82, 2.24) is 0 Å². The first-order chi connectivity index (χ1) is 6.40. The van der Waals surface area contributed by atoms with Crippen molar-refractivity contribution < 1.29 is 9.59 Å². The Morgan fingerprint density at radius 3 is 2.14 bits per heavy atom. The molecule has 0 saturated carbocycles. The molecule has 0 bridgehead atoms. The fourth-order valence-electron chi connectivity index (χ4n) is 1.24. The third kappa shape index (κ3) is 4.11. The van der Waals surface area contributed by atoms with Gasteiger partial charge in [-0.1, -0.05) is 13.8 Å². The van der Waals surface area contributed by atoms with E-state index < -0.39 is 11.9 Å².